The number of rotatable bonds is 54. The molecule has 0 heterocycles. The minimum atomic E-state index is -0.784. The summed E-state index contributed by atoms with van der Waals surface area (Å²) in [6.45, 7) is 6.45. The lowest BCUT2D eigenvalue weighted by Crippen LogP contribution is -2.30. The average Bonchev–Trinajstić information content (AvgIpc) is 3.36. The Labute approximate surface area is 433 Å². The minimum Gasteiger partial charge on any atom is -0.462 e. The summed E-state index contributed by atoms with van der Waals surface area (Å²) in [5, 5.41) is 0. The zero-order chi connectivity index (χ0) is 50.7. The largest absolute Gasteiger partial charge is 0.462 e. The second kappa shape index (κ2) is 58.4. The van der Waals surface area contributed by atoms with E-state index in [0.717, 1.165) is 116 Å². The molecule has 1 unspecified atom stereocenters. The molecule has 6 heteroatoms. The predicted molar refractivity (Wildman–Crippen MR) is 302 cm³/mol. The number of unbranched alkanes of at least 4 members (excludes halogenated alkanes) is 31. The van der Waals surface area contributed by atoms with Crippen molar-refractivity contribution in [1.29, 1.82) is 0 Å². The van der Waals surface area contributed by atoms with Gasteiger partial charge in [0.15, 0.2) is 6.10 Å². The van der Waals surface area contributed by atoms with Crippen LogP contribution in [0.2, 0.25) is 0 Å². The first-order valence-electron chi connectivity index (χ1n) is 29.9. The van der Waals surface area contributed by atoms with Gasteiger partial charge in [0.25, 0.3) is 0 Å². The van der Waals surface area contributed by atoms with Gasteiger partial charge < -0.3 is 14.2 Å². The van der Waals surface area contributed by atoms with Crippen molar-refractivity contribution in [2.75, 3.05) is 13.2 Å². The molecule has 0 saturated heterocycles. The lowest BCUT2D eigenvalue weighted by Gasteiger charge is -2.18. The monoisotopic (exact) mass is 977 g/mol. The van der Waals surface area contributed by atoms with E-state index in [-0.39, 0.29) is 31.1 Å². The fourth-order valence-corrected chi connectivity index (χ4v) is 8.51. The van der Waals surface area contributed by atoms with Gasteiger partial charge in [-0.2, -0.15) is 0 Å². The molecule has 0 fully saturated rings. The lowest BCUT2D eigenvalue weighted by molar-refractivity contribution is -0.167. The van der Waals surface area contributed by atoms with Gasteiger partial charge in [0.2, 0.25) is 0 Å². The van der Waals surface area contributed by atoms with Gasteiger partial charge in [-0.05, 0) is 70.6 Å². The molecule has 0 aliphatic rings. The third kappa shape index (κ3) is 55.8. The summed E-state index contributed by atoms with van der Waals surface area (Å²) in [6, 6.07) is 0. The maximum atomic E-state index is 12.8. The van der Waals surface area contributed by atoms with Crippen LogP contribution in [0.4, 0.5) is 0 Å². The molecule has 0 aliphatic heterocycles. The molecule has 0 spiro atoms. The van der Waals surface area contributed by atoms with Gasteiger partial charge in [0.05, 0.1) is 0 Å². The predicted octanol–water partition coefficient (Wildman–Crippen LogP) is 20.2. The second-order valence-corrected chi connectivity index (χ2v) is 19.9. The Hall–Kier alpha value is -3.15. The van der Waals surface area contributed by atoms with Crippen molar-refractivity contribution in [3.8, 4) is 0 Å². The Morgan fingerprint density at radius 2 is 0.557 bits per heavy atom. The van der Waals surface area contributed by atoms with Crippen molar-refractivity contribution in [3.05, 3.63) is 72.9 Å². The van der Waals surface area contributed by atoms with Gasteiger partial charge in [0.1, 0.15) is 13.2 Å². The summed E-state index contributed by atoms with van der Waals surface area (Å²) in [4.78, 5) is 37.8. The SMILES string of the molecule is CC/C=C\C/C=C\C/C=C\C/C=C\C/C=C\C/C=C\CCCCCCC(=O)OC(COC(=O)CCCCCCC)COC(=O)CCCCCCCCCCCCCCCCCCCCCCCCCC. The minimum absolute atomic E-state index is 0.0836. The Bertz CT molecular complexity index is 1310. The molecule has 404 valence electrons. The fraction of sp³-hybridized carbons (Fsp3) is 0.766. The summed E-state index contributed by atoms with van der Waals surface area (Å²) in [5.41, 5.74) is 0. The zero-order valence-corrected chi connectivity index (χ0v) is 46.3. The first kappa shape index (κ1) is 66.9. The summed E-state index contributed by atoms with van der Waals surface area (Å²) in [6.07, 6.45) is 75.2. The van der Waals surface area contributed by atoms with Crippen LogP contribution in [-0.2, 0) is 28.6 Å². The number of allylic oxidation sites excluding steroid dienone is 12. The highest BCUT2D eigenvalue weighted by molar-refractivity contribution is 5.71. The van der Waals surface area contributed by atoms with Crippen LogP contribution in [0.1, 0.15) is 297 Å². The standard InChI is InChI=1S/C64H112O6/c1-4-7-10-13-15-17-19-21-23-25-27-29-31-33-34-36-38-40-42-44-46-48-51-54-57-63(66)69-60-61(59-68-62(65)56-53-50-12-9-6-3)70-64(67)58-55-52-49-47-45-43-41-39-37-35-32-30-28-26-24-22-20-18-16-14-11-8-5-2/h8,11,16,18,22,24,28,30,35,37,41,43,61H,4-7,9-10,12-15,17,19-21,23,25-27,29,31-34,36,38-40,42,44-60H2,1-3H3/b11-8-,18-16-,24-22-,30-28-,37-35-,43-41-. The van der Waals surface area contributed by atoms with E-state index in [2.05, 4.69) is 93.7 Å². The van der Waals surface area contributed by atoms with Crippen LogP contribution in [0.15, 0.2) is 72.9 Å². The first-order chi connectivity index (χ1) is 34.5. The summed E-state index contributed by atoms with van der Waals surface area (Å²) in [7, 11) is 0. The van der Waals surface area contributed by atoms with Crippen molar-refractivity contribution in [1.82, 2.24) is 0 Å². The van der Waals surface area contributed by atoms with E-state index >= 15 is 0 Å². The van der Waals surface area contributed by atoms with Gasteiger partial charge in [-0.15, -0.1) is 0 Å². The van der Waals surface area contributed by atoms with E-state index in [0.29, 0.717) is 19.3 Å². The lowest BCUT2D eigenvalue weighted by atomic mass is 10.0. The fourth-order valence-electron chi connectivity index (χ4n) is 8.51. The van der Waals surface area contributed by atoms with Gasteiger partial charge in [-0.3, -0.25) is 14.4 Å². The van der Waals surface area contributed by atoms with Gasteiger partial charge in [-0.1, -0.05) is 280 Å². The number of carbonyl (C=O) groups excluding carboxylic acids is 3. The molecule has 0 saturated carbocycles. The van der Waals surface area contributed by atoms with Crippen LogP contribution >= 0.6 is 0 Å². The van der Waals surface area contributed by atoms with E-state index in [4.69, 9.17) is 14.2 Å². The van der Waals surface area contributed by atoms with E-state index in [1.54, 1.807) is 0 Å². The molecule has 0 radical (unpaired) electrons. The van der Waals surface area contributed by atoms with E-state index in [1.807, 2.05) is 0 Å². The van der Waals surface area contributed by atoms with Crippen molar-refractivity contribution >= 4 is 17.9 Å². The molecule has 1 atom stereocenters. The molecule has 0 aliphatic carbocycles. The molecular formula is C64H112O6. The number of carbonyl (C=O) groups is 3. The number of hydrogen-bond donors (Lipinski definition) is 0. The zero-order valence-electron chi connectivity index (χ0n) is 46.3. The quantitative estimate of drug-likeness (QED) is 0.0261. The molecule has 0 aromatic carbocycles. The third-order valence-electron chi connectivity index (χ3n) is 13.0. The highest BCUT2D eigenvalue weighted by Crippen LogP contribution is 2.17. The first-order valence-corrected chi connectivity index (χ1v) is 29.9. The van der Waals surface area contributed by atoms with Crippen molar-refractivity contribution in [2.45, 2.75) is 303 Å². The average molecular weight is 978 g/mol. The smallest absolute Gasteiger partial charge is 0.306 e. The second-order valence-electron chi connectivity index (χ2n) is 19.9. The Balaban J connectivity index is 4.11. The topological polar surface area (TPSA) is 78.9 Å². The molecule has 0 rings (SSSR count). The van der Waals surface area contributed by atoms with Crippen molar-refractivity contribution in [2.24, 2.45) is 0 Å². The van der Waals surface area contributed by atoms with Crippen molar-refractivity contribution in [3.63, 3.8) is 0 Å². The van der Waals surface area contributed by atoms with E-state index < -0.39 is 6.10 Å². The molecule has 0 N–H and O–H groups in total. The van der Waals surface area contributed by atoms with Gasteiger partial charge >= 0.3 is 17.9 Å². The number of esters is 3. The van der Waals surface area contributed by atoms with Crippen LogP contribution in [0.3, 0.4) is 0 Å². The van der Waals surface area contributed by atoms with E-state index in [1.165, 1.54) is 141 Å². The Morgan fingerprint density at radius 3 is 0.871 bits per heavy atom. The number of hydrogen-bond acceptors (Lipinski definition) is 6. The summed E-state index contributed by atoms with van der Waals surface area (Å²) in [5.74, 6) is -0.913. The molecular weight excluding hydrogens is 865 g/mol. The molecule has 70 heavy (non-hydrogen) atoms. The Kier molecular flexibility index (Phi) is 55.8. The Morgan fingerprint density at radius 1 is 0.300 bits per heavy atom. The normalized spacial score (nSPS) is 12.6. The van der Waals surface area contributed by atoms with Gasteiger partial charge in [0, 0.05) is 19.3 Å². The van der Waals surface area contributed by atoms with Crippen LogP contribution in [0.25, 0.3) is 0 Å². The maximum Gasteiger partial charge on any atom is 0.306 e. The highest BCUT2D eigenvalue weighted by Gasteiger charge is 2.19. The summed E-state index contributed by atoms with van der Waals surface area (Å²) < 4.78 is 16.7. The molecule has 0 aromatic rings. The highest BCUT2D eigenvalue weighted by atomic mass is 16.6. The van der Waals surface area contributed by atoms with Gasteiger partial charge in [-0.25, -0.2) is 0 Å². The molecule has 0 bridgehead atoms. The van der Waals surface area contributed by atoms with Crippen LogP contribution in [0.5, 0.6) is 0 Å². The maximum absolute atomic E-state index is 12.8. The van der Waals surface area contributed by atoms with Crippen molar-refractivity contribution < 1.29 is 28.6 Å². The molecule has 0 amide bonds. The third-order valence-corrected chi connectivity index (χ3v) is 13.0. The summed E-state index contributed by atoms with van der Waals surface area (Å²) >= 11 is 0. The molecule has 0 aromatic heterocycles. The van der Waals surface area contributed by atoms with Crippen LogP contribution < -0.4 is 0 Å². The van der Waals surface area contributed by atoms with Crippen LogP contribution in [-0.4, -0.2) is 37.2 Å². The van der Waals surface area contributed by atoms with E-state index in [9.17, 15) is 14.4 Å². The van der Waals surface area contributed by atoms with Crippen LogP contribution in [0, 0.1) is 0 Å². The molecule has 6 nitrogen and oxygen atoms in total. The number of ether oxygens (including phenoxy) is 3.